The number of piperidine rings is 1. The van der Waals surface area contributed by atoms with E-state index < -0.39 is 10.0 Å². The first-order valence-electron chi connectivity index (χ1n) is 7.58. The van der Waals surface area contributed by atoms with Crippen molar-refractivity contribution in [1.29, 1.82) is 0 Å². The van der Waals surface area contributed by atoms with Gasteiger partial charge in [-0.3, -0.25) is 0 Å². The van der Waals surface area contributed by atoms with Crippen molar-refractivity contribution in [2.75, 3.05) is 32.8 Å². The van der Waals surface area contributed by atoms with Crippen LogP contribution in [0, 0.1) is 11.3 Å². The number of sulfonamides is 1. The van der Waals surface area contributed by atoms with Gasteiger partial charge in [0.15, 0.2) is 4.21 Å². The summed E-state index contributed by atoms with van der Waals surface area (Å²) in [5.74, 6) is 0.308. The number of ether oxygens (including phenoxy) is 1. The van der Waals surface area contributed by atoms with Gasteiger partial charge in [0.2, 0.25) is 0 Å². The number of thiophene rings is 1. The highest BCUT2D eigenvalue weighted by atomic mass is 35.5. The number of fused-ring (bicyclic) bond motifs is 2. The van der Waals surface area contributed by atoms with Crippen LogP contribution in [0.5, 0.6) is 0 Å². The second-order valence-electron chi connectivity index (χ2n) is 6.43. The third-order valence-corrected chi connectivity index (χ3v) is 9.28. The zero-order chi connectivity index (χ0) is 15.4. The van der Waals surface area contributed by atoms with E-state index in [9.17, 15) is 8.42 Å². The van der Waals surface area contributed by atoms with E-state index in [1.165, 1.54) is 11.3 Å². The summed E-state index contributed by atoms with van der Waals surface area (Å²) < 4.78 is 33.7. The first-order chi connectivity index (χ1) is 10.5. The molecule has 4 rings (SSSR count). The zero-order valence-corrected chi connectivity index (χ0v) is 14.5. The molecule has 22 heavy (non-hydrogen) atoms. The maximum Gasteiger partial charge on any atom is 0.254 e. The van der Waals surface area contributed by atoms with E-state index in [0.717, 1.165) is 25.9 Å². The average Bonchev–Trinajstić information content (AvgIpc) is 3.18. The minimum atomic E-state index is -3.54. The Morgan fingerprint density at radius 2 is 2.14 bits per heavy atom. The van der Waals surface area contributed by atoms with Crippen LogP contribution in [0.25, 0.3) is 0 Å². The highest BCUT2D eigenvalue weighted by Gasteiger charge is 2.58. The van der Waals surface area contributed by atoms with Crippen LogP contribution >= 0.6 is 22.9 Å². The van der Waals surface area contributed by atoms with Crippen molar-refractivity contribution in [2.45, 2.75) is 23.1 Å². The second kappa shape index (κ2) is 5.43. The fraction of sp³-hybridized carbons (Fsp3) is 0.714. The Bertz CT molecular complexity index is 669. The summed E-state index contributed by atoms with van der Waals surface area (Å²) in [6.07, 6.45) is 2.03. The molecule has 8 heteroatoms. The Labute approximate surface area is 139 Å². The minimum Gasteiger partial charge on any atom is -0.379 e. The summed E-state index contributed by atoms with van der Waals surface area (Å²) in [5.41, 5.74) is 0.0588. The molecule has 3 aliphatic heterocycles. The number of halogens is 1. The first kappa shape index (κ1) is 15.4. The number of nitrogens with one attached hydrogen (secondary N) is 1. The Hall–Kier alpha value is -0.180. The third kappa shape index (κ3) is 2.17. The molecule has 3 aliphatic rings. The van der Waals surface area contributed by atoms with Crippen LogP contribution in [0.2, 0.25) is 5.02 Å². The largest absolute Gasteiger partial charge is 0.379 e. The molecule has 0 aromatic carbocycles. The number of hydrogen-bond donors (Lipinski definition) is 1. The van der Waals surface area contributed by atoms with Crippen molar-refractivity contribution < 1.29 is 13.2 Å². The second-order valence-corrected chi connectivity index (χ2v) is 9.84. The van der Waals surface area contributed by atoms with Gasteiger partial charge in [0.25, 0.3) is 10.0 Å². The first-order valence-corrected chi connectivity index (χ1v) is 10.3. The van der Waals surface area contributed by atoms with Crippen LogP contribution in [0.1, 0.15) is 12.8 Å². The summed E-state index contributed by atoms with van der Waals surface area (Å²) >= 11 is 7.28. The quantitative estimate of drug-likeness (QED) is 0.871. The highest BCUT2D eigenvalue weighted by molar-refractivity contribution is 7.91. The molecular weight excluding hydrogens is 344 g/mol. The van der Waals surface area contributed by atoms with E-state index >= 15 is 0 Å². The SMILES string of the molecule is O=S(=O)(c1sccc1Cl)N1CC2(CCNCC2)[C@@H]2COC[C@@H]21. The lowest BCUT2D eigenvalue weighted by molar-refractivity contribution is 0.0979. The molecule has 5 nitrogen and oxygen atoms in total. The van der Waals surface area contributed by atoms with Crippen LogP contribution in [-0.4, -0.2) is 51.6 Å². The van der Waals surface area contributed by atoms with E-state index in [0.29, 0.717) is 30.7 Å². The van der Waals surface area contributed by atoms with Gasteiger partial charge in [0.1, 0.15) is 0 Å². The predicted octanol–water partition coefficient (Wildman–Crippen LogP) is 1.79. The molecule has 4 heterocycles. The van der Waals surface area contributed by atoms with Gasteiger partial charge in [0.05, 0.1) is 24.3 Å². The Kier molecular flexibility index (Phi) is 3.79. The van der Waals surface area contributed by atoms with E-state index in [-0.39, 0.29) is 15.7 Å². The molecule has 3 fully saturated rings. The lowest BCUT2D eigenvalue weighted by Crippen LogP contribution is -2.43. The zero-order valence-electron chi connectivity index (χ0n) is 12.1. The molecule has 0 bridgehead atoms. The summed E-state index contributed by atoms with van der Waals surface area (Å²) in [5, 5.41) is 5.43. The number of nitrogens with zero attached hydrogens (tertiary/aromatic N) is 1. The highest BCUT2D eigenvalue weighted by Crippen LogP contribution is 2.51. The Balaban J connectivity index is 1.72. The predicted molar refractivity (Wildman–Crippen MR) is 85.9 cm³/mol. The van der Waals surface area contributed by atoms with Gasteiger partial charge in [-0.25, -0.2) is 8.42 Å². The normalized spacial score (nSPS) is 31.7. The summed E-state index contributed by atoms with van der Waals surface area (Å²) in [7, 11) is -3.54. The van der Waals surface area contributed by atoms with Gasteiger partial charge in [-0.2, -0.15) is 4.31 Å². The molecule has 122 valence electrons. The van der Waals surface area contributed by atoms with E-state index in [4.69, 9.17) is 16.3 Å². The lowest BCUT2D eigenvalue weighted by atomic mass is 9.70. The van der Waals surface area contributed by atoms with Gasteiger partial charge in [-0.1, -0.05) is 11.6 Å². The molecule has 0 aliphatic carbocycles. The molecule has 0 unspecified atom stereocenters. The van der Waals surface area contributed by atoms with Crippen LogP contribution in [0.4, 0.5) is 0 Å². The lowest BCUT2D eigenvalue weighted by Gasteiger charge is -2.37. The molecule has 3 saturated heterocycles. The monoisotopic (exact) mass is 362 g/mol. The topological polar surface area (TPSA) is 58.6 Å². The van der Waals surface area contributed by atoms with Crippen LogP contribution in [0.15, 0.2) is 15.7 Å². The van der Waals surface area contributed by atoms with E-state index in [1.807, 2.05) is 0 Å². The number of rotatable bonds is 2. The van der Waals surface area contributed by atoms with Crippen molar-refractivity contribution in [3.05, 3.63) is 16.5 Å². The molecule has 1 N–H and O–H groups in total. The fourth-order valence-corrected chi connectivity index (χ4v) is 7.78. The smallest absolute Gasteiger partial charge is 0.254 e. The standard InChI is InChI=1S/C14H19ClN2O3S2/c15-11-1-6-21-13(11)22(18,19)17-9-14(2-4-16-5-3-14)10-7-20-8-12(10)17/h1,6,10,12,16H,2-5,7-9H2/t10-,12+/m1/s1. The fourth-order valence-electron chi connectivity index (χ4n) is 4.24. The third-order valence-electron chi connectivity index (χ3n) is 5.40. The maximum atomic E-state index is 13.1. The van der Waals surface area contributed by atoms with Gasteiger partial charge in [-0.15, -0.1) is 11.3 Å². The molecular formula is C14H19ClN2O3S2. The van der Waals surface area contributed by atoms with Crippen LogP contribution in [0.3, 0.4) is 0 Å². The van der Waals surface area contributed by atoms with Gasteiger partial charge in [-0.05, 0) is 42.8 Å². The van der Waals surface area contributed by atoms with Crippen molar-refractivity contribution >= 4 is 33.0 Å². The molecule has 1 aromatic heterocycles. The summed E-state index contributed by atoms with van der Waals surface area (Å²) in [4.78, 5) is 0. The maximum absolute atomic E-state index is 13.1. The molecule has 1 spiro atoms. The molecule has 0 saturated carbocycles. The van der Waals surface area contributed by atoms with E-state index in [1.54, 1.807) is 15.8 Å². The van der Waals surface area contributed by atoms with Crippen molar-refractivity contribution in [1.82, 2.24) is 9.62 Å². The molecule has 0 amide bonds. The van der Waals surface area contributed by atoms with Crippen molar-refractivity contribution in [3.63, 3.8) is 0 Å². The Morgan fingerprint density at radius 1 is 1.36 bits per heavy atom. The summed E-state index contributed by atoms with van der Waals surface area (Å²) in [6.45, 7) is 3.69. The van der Waals surface area contributed by atoms with Crippen molar-refractivity contribution in [3.8, 4) is 0 Å². The Morgan fingerprint density at radius 3 is 2.82 bits per heavy atom. The van der Waals surface area contributed by atoms with E-state index in [2.05, 4.69) is 5.32 Å². The van der Waals surface area contributed by atoms with Crippen LogP contribution < -0.4 is 5.32 Å². The minimum absolute atomic E-state index is 0.0405. The average molecular weight is 363 g/mol. The van der Waals surface area contributed by atoms with Gasteiger partial charge >= 0.3 is 0 Å². The number of hydrogen-bond acceptors (Lipinski definition) is 5. The van der Waals surface area contributed by atoms with Crippen LogP contribution in [-0.2, 0) is 14.8 Å². The van der Waals surface area contributed by atoms with Crippen molar-refractivity contribution in [2.24, 2.45) is 11.3 Å². The molecule has 0 radical (unpaired) electrons. The molecule has 1 aromatic rings. The summed E-state index contributed by atoms with van der Waals surface area (Å²) in [6, 6.07) is 1.61. The van der Waals surface area contributed by atoms with Gasteiger partial charge in [0, 0.05) is 12.5 Å². The molecule has 2 atom stereocenters. The van der Waals surface area contributed by atoms with Gasteiger partial charge < -0.3 is 10.1 Å².